The van der Waals surface area contributed by atoms with Crippen molar-refractivity contribution >= 4 is 0 Å². The number of hydrogen-bond donors (Lipinski definition) is 2. The lowest BCUT2D eigenvalue weighted by Crippen LogP contribution is -2.54. The molecule has 2 aliphatic heterocycles. The SMILES string of the molecule is O[C@@H]1CNCC[C@H]1N1CCC(c2ccccc2)CC1. The predicted molar refractivity (Wildman–Crippen MR) is 77.3 cm³/mol. The number of piperidine rings is 2. The Morgan fingerprint density at radius 3 is 2.47 bits per heavy atom. The summed E-state index contributed by atoms with van der Waals surface area (Å²) in [4.78, 5) is 2.50. The van der Waals surface area contributed by atoms with Gasteiger partial charge in [0.15, 0.2) is 0 Å². The highest BCUT2D eigenvalue weighted by molar-refractivity contribution is 5.20. The summed E-state index contributed by atoms with van der Waals surface area (Å²) < 4.78 is 0. The van der Waals surface area contributed by atoms with Crippen molar-refractivity contribution in [1.82, 2.24) is 10.2 Å². The normalized spacial score (nSPS) is 30.4. The van der Waals surface area contributed by atoms with E-state index in [0.717, 1.165) is 32.6 Å². The molecule has 0 unspecified atom stereocenters. The number of likely N-dealkylation sites (tertiary alicyclic amines) is 1. The van der Waals surface area contributed by atoms with E-state index in [-0.39, 0.29) is 6.10 Å². The van der Waals surface area contributed by atoms with Crippen molar-refractivity contribution in [3.8, 4) is 0 Å². The van der Waals surface area contributed by atoms with Gasteiger partial charge in [-0.1, -0.05) is 30.3 Å². The molecule has 19 heavy (non-hydrogen) atoms. The molecule has 0 radical (unpaired) electrons. The number of aliphatic hydroxyl groups excluding tert-OH is 1. The van der Waals surface area contributed by atoms with Crippen molar-refractivity contribution in [1.29, 1.82) is 0 Å². The summed E-state index contributed by atoms with van der Waals surface area (Å²) in [5, 5.41) is 13.4. The molecule has 2 N–H and O–H groups in total. The highest BCUT2D eigenvalue weighted by atomic mass is 16.3. The third kappa shape index (κ3) is 2.99. The van der Waals surface area contributed by atoms with Gasteiger partial charge in [0.25, 0.3) is 0 Å². The summed E-state index contributed by atoms with van der Waals surface area (Å²) in [5.74, 6) is 0.705. The molecular formula is C16H24N2O. The minimum absolute atomic E-state index is 0.193. The third-order valence-electron chi connectivity index (χ3n) is 4.68. The standard InChI is InChI=1S/C16H24N2O/c19-16-12-17-9-6-15(16)18-10-7-14(8-11-18)13-4-2-1-3-5-13/h1-5,14-17,19H,6-12H2/t15-,16-/m1/s1. The Morgan fingerprint density at radius 1 is 1.05 bits per heavy atom. The molecule has 0 aliphatic carbocycles. The third-order valence-corrected chi connectivity index (χ3v) is 4.68. The monoisotopic (exact) mass is 260 g/mol. The number of benzene rings is 1. The van der Waals surface area contributed by atoms with Crippen LogP contribution in [0.1, 0.15) is 30.7 Å². The summed E-state index contributed by atoms with van der Waals surface area (Å²) in [7, 11) is 0. The molecule has 0 aromatic heterocycles. The zero-order chi connectivity index (χ0) is 13.1. The topological polar surface area (TPSA) is 35.5 Å². The summed E-state index contributed by atoms with van der Waals surface area (Å²) in [6.07, 6.45) is 3.33. The van der Waals surface area contributed by atoms with Gasteiger partial charge >= 0.3 is 0 Å². The Kier molecular flexibility index (Phi) is 4.16. The van der Waals surface area contributed by atoms with Crippen LogP contribution in [-0.2, 0) is 0 Å². The molecule has 3 rings (SSSR count). The van der Waals surface area contributed by atoms with E-state index < -0.39 is 0 Å². The van der Waals surface area contributed by atoms with E-state index in [1.807, 2.05) is 0 Å². The first-order chi connectivity index (χ1) is 9.34. The second-order valence-electron chi connectivity index (χ2n) is 5.85. The van der Waals surface area contributed by atoms with Crippen molar-refractivity contribution in [3.05, 3.63) is 35.9 Å². The second kappa shape index (κ2) is 6.04. The van der Waals surface area contributed by atoms with Gasteiger partial charge in [0, 0.05) is 12.6 Å². The summed E-state index contributed by atoms with van der Waals surface area (Å²) in [6.45, 7) is 4.05. The van der Waals surface area contributed by atoms with Gasteiger partial charge in [-0.2, -0.15) is 0 Å². The van der Waals surface area contributed by atoms with Crippen LogP contribution in [0.4, 0.5) is 0 Å². The van der Waals surface area contributed by atoms with Crippen LogP contribution < -0.4 is 5.32 Å². The van der Waals surface area contributed by atoms with Crippen LogP contribution in [0.2, 0.25) is 0 Å². The van der Waals surface area contributed by atoms with Crippen LogP contribution in [0.3, 0.4) is 0 Å². The van der Waals surface area contributed by atoms with Gasteiger partial charge in [-0.15, -0.1) is 0 Å². The zero-order valence-corrected chi connectivity index (χ0v) is 11.5. The van der Waals surface area contributed by atoms with Crippen LogP contribution in [-0.4, -0.2) is 48.3 Å². The number of nitrogens with one attached hydrogen (secondary N) is 1. The number of aliphatic hydroxyl groups is 1. The maximum absolute atomic E-state index is 10.1. The molecule has 2 heterocycles. The van der Waals surface area contributed by atoms with Crippen LogP contribution in [0.15, 0.2) is 30.3 Å². The van der Waals surface area contributed by atoms with Gasteiger partial charge in [0.2, 0.25) is 0 Å². The average molecular weight is 260 g/mol. The fourth-order valence-corrected chi connectivity index (χ4v) is 3.54. The number of hydrogen-bond acceptors (Lipinski definition) is 3. The van der Waals surface area contributed by atoms with E-state index in [1.54, 1.807) is 0 Å². The Bertz CT molecular complexity index is 387. The second-order valence-corrected chi connectivity index (χ2v) is 5.85. The molecule has 0 amide bonds. The molecule has 3 heteroatoms. The fraction of sp³-hybridized carbons (Fsp3) is 0.625. The molecule has 2 saturated heterocycles. The van der Waals surface area contributed by atoms with E-state index >= 15 is 0 Å². The smallest absolute Gasteiger partial charge is 0.0819 e. The predicted octanol–water partition coefficient (Wildman–Crippen LogP) is 1.59. The van der Waals surface area contributed by atoms with Crippen molar-refractivity contribution in [2.75, 3.05) is 26.2 Å². The first-order valence-electron chi connectivity index (χ1n) is 7.52. The molecule has 0 bridgehead atoms. The number of nitrogens with zero attached hydrogens (tertiary/aromatic N) is 1. The average Bonchev–Trinajstić information content (AvgIpc) is 2.49. The van der Waals surface area contributed by atoms with E-state index in [1.165, 1.54) is 18.4 Å². The van der Waals surface area contributed by atoms with Gasteiger partial charge in [-0.3, -0.25) is 4.90 Å². The molecule has 2 atom stereocenters. The lowest BCUT2D eigenvalue weighted by molar-refractivity contribution is 0.0170. The first-order valence-corrected chi connectivity index (χ1v) is 7.52. The first kappa shape index (κ1) is 13.1. The molecule has 1 aromatic rings. The van der Waals surface area contributed by atoms with E-state index in [4.69, 9.17) is 0 Å². The van der Waals surface area contributed by atoms with Crippen molar-refractivity contribution < 1.29 is 5.11 Å². The Morgan fingerprint density at radius 2 is 1.79 bits per heavy atom. The molecule has 104 valence electrons. The molecular weight excluding hydrogens is 236 g/mol. The van der Waals surface area contributed by atoms with Gasteiger partial charge in [0.1, 0.15) is 0 Å². The van der Waals surface area contributed by atoms with Crippen LogP contribution in [0.25, 0.3) is 0 Å². The molecule has 2 fully saturated rings. The van der Waals surface area contributed by atoms with Crippen molar-refractivity contribution in [2.24, 2.45) is 0 Å². The minimum atomic E-state index is -0.193. The zero-order valence-electron chi connectivity index (χ0n) is 11.5. The lowest BCUT2D eigenvalue weighted by atomic mass is 9.88. The number of β-amino-alcohol motifs (C(OH)–C–C–N with tert-alkyl or cyclic N) is 1. The maximum Gasteiger partial charge on any atom is 0.0819 e. The van der Waals surface area contributed by atoms with E-state index in [0.29, 0.717) is 12.0 Å². The molecule has 2 aliphatic rings. The van der Waals surface area contributed by atoms with Gasteiger partial charge < -0.3 is 10.4 Å². The molecule has 3 nitrogen and oxygen atoms in total. The van der Waals surface area contributed by atoms with Gasteiger partial charge in [-0.25, -0.2) is 0 Å². The van der Waals surface area contributed by atoms with Crippen LogP contribution in [0, 0.1) is 0 Å². The van der Waals surface area contributed by atoms with Gasteiger partial charge in [0.05, 0.1) is 6.10 Å². The largest absolute Gasteiger partial charge is 0.390 e. The maximum atomic E-state index is 10.1. The molecule has 0 spiro atoms. The minimum Gasteiger partial charge on any atom is -0.390 e. The quantitative estimate of drug-likeness (QED) is 0.847. The van der Waals surface area contributed by atoms with Crippen LogP contribution in [0.5, 0.6) is 0 Å². The molecule has 0 saturated carbocycles. The Labute approximate surface area is 115 Å². The Hall–Kier alpha value is -0.900. The highest BCUT2D eigenvalue weighted by Crippen LogP contribution is 2.29. The summed E-state index contributed by atoms with van der Waals surface area (Å²) in [5.41, 5.74) is 1.48. The summed E-state index contributed by atoms with van der Waals surface area (Å²) >= 11 is 0. The van der Waals surface area contributed by atoms with Crippen molar-refractivity contribution in [2.45, 2.75) is 37.3 Å². The van der Waals surface area contributed by atoms with Gasteiger partial charge in [-0.05, 0) is 50.4 Å². The summed E-state index contributed by atoms with van der Waals surface area (Å²) in [6, 6.07) is 11.2. The lowest BCUT2D eigenvalue weighted by Gasteiger charge is -2.41. The van der Waals surface area contributed by atoms with Crippen LogP contribution >= 0.6 is 0 Å². The fourth-order valence-electron chi connectivity index (χ4n) is 3.54. The van der Waals surface area contributed by atoms with Crippen molar-refractivity contribution in [3.63, 3.8) is 0 Å². The highest BCUT2D eigenvalue weighted by Gasteiger charge is 2.31. The Balaban J connectivity index is 1.57. The number of rotatable bonds is 2. The van der Waals surface area contributed by atoms with E-state index in [9.17, 15) is 5.11 Å². The molecule has 1 aromatic carbocycles. The van der Waals surface area contributed by atoms with E-state index in [2.05, 4.69) is 40.5 Å².